The number of rotatable bonds is 10. The van der Waals surface area contributed by atoms with Crippen LogP contribution in [0.4, 0.5) is 26.7 Å². The van der Waals surface area contributed by atoms with E-state index in [1.807, 2.05) is 5.32 Å². The van der Waals surface area contributed by atoms with Crippen LogP contribution in [0.2, 0.25) is 0 Å². The zero-order valence-electron chi connectivity index (χ0n) is 23.2. The maximum atomic E-state index is 13.5. The average Bonchev–Trinajstić information content (AvgIpc) is 3.28. The van der Waals surface area contributed by atoms with Crippen molar-refractivity contribution in [1.82, 2.24) is 20.9 Å². The molecule has 1 aliphatic rings. The van der Waals surface area contributed by atoms with Gasteiger partial charge in [-0.15, -0.1) is 0 Å². The van der Waals surface area contributed by atoms with Gasteiger partial charge in [0.2, 0.25) is 23.5 Å². The first-order valence-corrected chi connectivity index (χ1v) is 12.4. The lowest BCUT2D eigenvalue weighted by Gasteiger charge is -2.30. The molecule has 1 heterocycles. The highest BCUT2D eigenvalue weighted by atomic mass is 19.4. The number of ether oxygens (including phenoxy) is 1. The van der Waals surface area contributed by atoms with Crippen molar-refractivity contribution in [2.75, 3.05) is 6.54 Å². The molecule has 40 heavy (non-hydrogen) atoms. The summed E-state index contributed by atoms with van der Waals surface area (Å²) in [6.45, 7) is 10.0. The van der Waals surface area contributed by atoms with E-state index in [2.05, 4.69) is 10.6 Å². The number of carbonyl (C=O) groups excluding carboxylic acids is 6. The number of nitrogens with zero attached hydrogens (tertiary/aromatic N) is 1. The summed E-state index contributed by atoms with van der Waals surface area (Å²) in [5.41, 5.74) is -0.819. The van der Waals surface area contributed by atoms with Gasteiger partial charge in [0.15, 0.2) is 0 Å². The number of hydrogen-bond acceptors (Lipinski definition) is 7. The summed E-state index contributed by atoms with van der Waals surface area (Å²) < 4.78 is 69.8. The number of alkyl halides is 5. The summed E-state index contributed by atoms with van der Waals surface area (Å²) in [6, 6.07) is -5.56. The van der Waals surface area contributed by atoms with Crippen LogP contribution in [0.5, 0.6) is 0 Å². The first-order chi connectivity index (χ1) is 18.0. The van der Waals surface area contributed by atoms with Crippen LogP contribution >= 0.6 is 0 Å². The molecule has 1 rings (SSSR count). The molecule has 3 N–H and O–H groups in total. The van der Waals surface area contributed by atoms with Gasteiger partial charge in [-0.1, -0.05) is 13.8 Å². The molecule has 16 heteroatoms. The van der Waals surface area contributed by atoms with Gasteiger partial charge in [-0.2, -0.15) is 22.0 Å². The largest absolute Gasteiger partial charge is 0.461 e. The monoisotopic (exact) mass is 586 g/mol. The van der Waals surface area contributed by atoms with E-state index < -0.39 is 83.2 Å². The first kappa shape index (κ1) is 34.7. The molecule has 0 radical (unpaired) electrons. The third-order valence-corrected chi connectivity index (χ3v) is 5.81. The van der Waals surface area contributed by atoms with E-state index in [0.717, 1.165) is 4.90 Å². The number of halogens is 5. The number of amides is 4. The number of Topliss-reactive ketones (excluding diaryl/α,β-unsaturated/α-hetero) is 2. The van der Waals surface area contributed by atoms with E-state index in [-0.39, 0.29) is 13.0 Å². The minimum Gasteiger partial charge on any atom is -0.444 e. The lowest BCUT2D eigenvalue weighted by molar-refractivity contribution is -0.267. The molecule has 11 nitrogen and oxygen atoms in total. The van der Waals surface area contributed by atoms with E-state index >= 15 is 0 Å². The fourth-order valence-corrected chi connectivity index (χ4v) is 3.71. The summed E-state index contributed by atoms with van der Waals surface area (Å²) in [6.07, 6.45) is -6.82. The van der Waals surface area contributed by atoms with Crippen molar-refractivity contribution in [2.45, 2.75) is 103 Å². The Labute approximate surface area is 227 Å². The molecule has 0 unspecified atom stereocenters. The second-order valence-electron chi connectivity index (χ2n) is 10.8. The molecular formula is C24H35F5N4O7. The van der Waals surface area contributed by atoms with Crippen molar-refractivity contribution in [1.29, 1.82) is 0 Å². The molecule has 1 saturated heterocycles. The van der Waals surface area contributed by atoms with Gasteiger partial charge in [0.05, 0.1) is 6.04 Å². The minimum atomic E-state index is -6.31. The maximum Gasteiger partial charge on any atom is 0.461 e. The van der Waals surface area contributed by atoms with Gasteiger partial charge in [0, 0.05) is 6.54 Å². The molecule has 1 fully saturated rings. The number of alkyl carbamates (subject to hydrolysis) is 1. The predicted molar refractivity (Wildman–Crippen MR) is 129 cm³/mol. The molecule has 0 aromatic heterocycles. The summed E-state index contributed by atoms with van der Waals surface area (Å²) in [5, 5.41) is 6.72. The summed E-state index contributed by atoms with van der Waals surface area (Å²) >= 11 is 0. The highest BCUT2D eigenvalue weighted by Crippen LogP contribution is 2.36. The van der Waals surface area contributed by atoms with E-state index in [1.54, 1.807) is 20.8 Å². The normalized spacial score (nSPS) is 18.4. The van der Waals surface area contributed by atoms with Crippen LogP contribution in [-0.2, 0) is 28.7 Å². The minimum absolute atomic E-state index is 0.0359. The number of nitrogens with one attached hydrogen (secondary N) is 3. The smallest absolute Gasteiger partial charge is 0.444 e. The molecule has 0 spiro atoms. The Hall–Kier alpha value is -3.33. The third-order valence-electron chi connectivity index (χ3n) is 5.81. The number of carbonyl (C=O) groups is 6. The molecule has 228 valence electrons. The zero-order chi connectivity index (χ0) is 31.4. The Morgan fingerprint density at radius 3 is 1.88 bits per heavy atom. The second kappa shape index (κ2) is 12.9. The molecule has 0 aromatic carbocycles. The molecule has 0 aliphatic carbocycles. The predicted octanol–water partition coefficient (Wildman–Crippen LogP) is 1.87. The van der Waals surface area contributed by atoms with Crippen LogP contribution in [0.1, 0.15) is 61.3 Å². The van der Waals surface area contributed by atoms with Gasteiger partial charge in [0.25, 0.3) is 5.78 Å². The third kappa shape index (κ3) is 8.84. The van der Waals surface area contributed by atoms with Crippen LogP contribution in [0, 0.1) is 5.92 Å². The topological polar surface area (TPSA) is 151 Å². The molecule has 0 aromatic rings. The van der Waals surface area contributed by atoms with Crippen molar-refractivity contribution in [3.05, 3.63) is 0 Å². The van der Waals surface area contributed by atoms with Crippen molar-refractivity contribution < 1.29 is 55.5 Å². The van der Waals surface area contributed by atoms with E-state index in [1.165, 1.54) is 27.7 Å². The summed E-state index contributed by atoms with van der Waals surface area (Å²) in [5.74, 6) is -14.7. The van der Waals surface area contributed by atoms with E-state index in [9.17, 15) is 50.7 Å². The Morgan fingerprint density at radius 1 is 0.850 bits per heavy atom. The van der Waals surface area contributed by atoms with Gasteiger partial charge < -0.3 is 25.6 Å². The Morgan fingerprint density at radius 2 is 1.40 bits per heavy atom. The Balaban J connectivity index is 2.92. The molecule has 0 bridgehead atoms. The lowest BCUT2D eigenvalue weighted by atomic mass is 9.94. The molecule has 4 amide bonds. The van der Waals surface area contributed by atoms with Crippen molar-refractivity contribution in [3.63, 3.8) is 0 Å². The van der Waals surface area contributed by atoms with Crippen molar-refractivity contribution in [3.8, 4) is 0 Å². The highest BCUT2D eigenvalue weighted by molar-refractivity contribution is 6.42. The molecule has 4 atom stereocenters. The van der Waals surface area contributed by atoms with Crippen molar-refractivity contribution >= 4 is 35.4 Å². The standard InChI is InChI=1S/C24H35F5N4O7/c1-11(2)15(16(34)17(35)23(25,26)24(27,28)29)32-19(37)14-9-8-10-33(14)20(38)13(4)30-18(36)12(3)31-21(39)40-22(5,6)7/h11-15H,8-10H2,1-7H3,(H,30,36)(H,31,39)(H,32,37)/t12-,13-,14-,15-/m0/s1. The summed E-state index contributed by atoms with van der Waals surface area (Å²) in [7, 11) is 0. The molecular weight excluding hydrogens is 551 g/mol. The van der Waals surface area contributed by atoms with Gasteiger partial charge in [-0.05, 0) is 53.4 Å². The van der Waals surface area contributed by atoms with Gasteiger partial charge in [0.1, 0.15) is 23.7 Å². The number of likely N-dealkylation sites (tertiary alicyclic amines) is 1. The molecule has 1 aliphatic heterocycles. The van der Waals surface area contributed by atoms with Gasteiger partial charge in [-0.3, -0.25) is 24.0 Å². The van der Waals surface area contributed by atoms with Gasteiger partial charge >= 0.3 is 18.2 Å². The van der Waals surface area contributed by atoms with E-state index in [4.69, 9.17) is 4.74 Å². The van der Waals surface area contributed by atoms with Crippen LogP contribution in [0.25, 0.3) is 0 Å². The average molecular weight is 587 g/mol. The Bertz CT molecular complexity index is 1010. The van der Waals surface area contributed by atoms with E-state index in [0.29, 0.717) is 6.42 Å². The van der Waals surface area contributed by atoms with Gasteiger partial charge in [-0.25, -0.2) is 4.79 Å². The van der Waals surface area contributed by atoms with Crippen LogP contribution in [-0.4, -0.2) is 88.7 Å². The lowest BCUT2D eigenvalue weighted by Crippen LogP contribution is -2.59. The maximum absolute atomic E-state index is 13.5. The Kier molecular flexibility index (Phi) is 11.2. The van der Waals surface area contributed by atoms with Crippen molar-refractivity contribution in [2.24, 2.45) is 5.92 Å². The second-order valence-corrected chi connectivity index (χ2v) is 10.8. The fourth-order valence-electron chi connectivity index (χ4n) is 3.71. The van der Waals surface area contributed by atoms with Crippen LogP contribution in [0.3, 0.4) is 0 Å². The number of hydrogen-bond donors (Lipinski definition) is 3. The zero-order valence-corrected chi connectivity index (χ0v) is 23.2. The first-order valence-electron chi connectivity index (χ1n) is 12.4. The van der Waals surface area contributed by atoms with Crippen LogP contribution < -0.4 is 16.0 Å². The SMILES string of the molecule is CC(C)[C@H](NC(=O)[C@@H]1CCCN1C(=O)[C@H](C)NC(=O)[C@H](C)NC(=O)OC(C)(C)C)C(=O)C(=O)C(F)(F)C(F)(F)F. The summed E-state index contributed by atoms with van der Waals surface area (Å²) in [4.78, 5) is 75.3. The quantitative estimate of drug-likeness (QED) is 0.261. The number of ketones is 2. The fraction of sp³-hybridized carbons (Fsp3) is 0.750. The molecule has 0 saturated carbocycles. The van der Waals surface area contributed by atoms with Crippen LogP contribution in [0.15, 0.2) is 0 Å². The highest BCUT2D eigenvalue weighted by Gasteiger charge is 2.65.